The summed E-state index contributed by atoms with van der Waals surface area (Å²) in [5.41, 5.74) is 1.92. The summed E-state index contributed by atoms with van der Waals surface area (Å²) in [5, 5.41) is 15.7. The molecule has 41 heavy (non-hydrogen) atoms. The molecule has 4 saturated carbocycles. The van der Waals surface area contributed by atoms with Crippen LogP contribution >= 0.6 is 0 Å². The molecule has 5 fully saturated rings. The zero-order valence-electron chi connectivity index (χ0n) is 23.2. The number of rotatable bonds is 5. The first kappa shape index (κ1) is 26.7. The maximum absolute atomic E-state index is 13.1. The maximum atomic E-state index is 13.1. The Balaban J connectivity index is 1.01. The molecule has 0 radical (unpaired) electrons. The van der Waals surface area contributed by atoms with Crippen LogP contribution in [-0.4, -0.2) is 91.1 Å². The van der Waals surface area contributed by atoms with Gasteiger partial charge in [0.05, 0.1) is 47.9 Å². The molecule has 1 saturated heterocycles. The van der Waals surface area contributed by atoms with Crippen molar-refractivity contribution >= 4 is 39.1 Å². The van der Waals surface area contributed by atoms with Crippen molar-refractivity contribution in [3.63, 3.8) is 0 Å². The molecule has 220 valence electrons. The smallest absolute Gasteiger partial charge is 0.390 e. The standard InChI is InChI=1S/C28H37N7O5S/c1-41(38,39)33-8-6-32(7-9-33)22-17-29-26(30-18-22)34-10-11-35(24-5-3-2-4-23(24)34)40-27(36)31-25-20-12-19-13-21(25)16-28(37,14-19)15-20/h2-5,17-21,25,37H,6-16H2,1H3,(H,31,36)/t19?,20-,21+,25?,28?. The van der Waals surface area contributed by atoms with Crippen LogP contribution in [0.25, 0.3) is 0 Å². The number of carbonyl (C=O) groups is 1. The number of para-hydroxylation sites is 2. The molecule has 8 rings (SSSR count). The molecule has 3 heterocycles. The molecule has 13 heteroatoms. The van der Waals surface area contributed by atoms with Gasteiger partial charge in [0.15, 0.2) is 0 Å². The fraction of sp³-hybridized carbons (Fsp3) is 0.607. The van der Waals surface area contributed by atoms with Gasteiger partial charge >= 0.3 is 6.09 Å². The van der Waals surface area contributed by atoms with Crippen LogP contribution in [0.2, 0.25) is 0 Å². The zero-order chi connectivity index (χ0) is 28.4. The lowest BCUT2D eigenvalue weighted by Gasteiger charge is -2.57. The van der Waals surface area contributed by atoms with Crippen LogP contribution in [0.15, 0.2) is 36.7 Å². The number of aliphatic hydroxyl groups is 1. The number of aromatic nitrogens is 2. The second-order valence-electron chi connectivity index (χ2n) is 12.4. The Kier molecular flexibility index (Phi) is 6.51. The number of benzene rings is 1. The average Bonchev–Trinajstić information content (AvgIpc) is 2.94. The summed E-state index contributed by atoms with van der Waals surface area (Å²) in [5.74, 6) is 1.75. The summed E-state index contributed by atoms with van der Waals surface area (Å²) < 4.78 is 25.1. The first-order chi connectivity index (χ1) is 19.6. The molecular formula is C28H37N7O5S. The normalized spacial score (nSPS) is 31.2. The molecular weight excluding hydrogens is 546 g/mol. The Morgan fingerprint density at radius 1 is 0.976 bits per heavy atom. The average molecular weight is 584 g/mol. The van der Waals surface area contributed by atoms with Crippen molar-refractivity contribution in [3.05, 3.63) is 36.7 Å². The Hall–Kier alpha value is -3.16. The van der Waals surface area contributed by atoms with Crippen molar-refractivity contribution in [1.29, 1.82) is 0 Å². The largest absolute Gasteiger partial charge is 0.431 e. The van der Waals surface area contributed by atoms with E-state index in [1.807, 2.05) is 29.2 Å². The van der Waals surface area contributed by atoms with E-state index in [0.717, 1.165) is 49.2 Å². The minimum Gasteiger partial charge on any atom is -0.390 e. The van der Waals surface area contributed by atoms with Crippen LogP contribution in [0.4, 0.5) is 27.8 Å². The second-order valence-corrected chi connectivity index (χ2v) is 14.4. The third-order valence-corrected chi connectivity index (χ3v) is 10.9. The van der Waals surface area contributed by atoms with Crippen LogP contribution < -0.4 is 20.2 Å². The first-order valence-corrected chi connectivity index (χ1v) is 16.4. The Morgan fingerprint density at radius 3 is 2.27 bits per heavy atom. The Bertz CT molecular complexity index is 1400. The van der Waals surface area contributed by atoms with Crippen LogP contribution in [0, 0.1) is 17.8 Å². The van der Waals surface area contributed by atoms with Crippen molar-refractivity contribution in [2.24, 2.45) is 17.8 Å². The highest BCUT2D eigenvalue weighted by atomic mass is 32.2. The van der Waals surface area contributed by atoms with E-state index in [0.29, 0.717) is 63.0 Å². The molecule has 4 aliphatic carbocycles. The fourth-order valence-electron chi connectivity index (χ4n) is 8.01. The number of fused-ring (bicyclic) bond motifs is 1. The Labute approximate surface area is 240 Å². The molecule has 2 N–H and O–H groups in total. The van der Waals surface area contributed by atoms with E-state index >= 15 is 0 Å². The van der Waals surface area contributed by atoms with Crippen molar-refractivity contribution in [3.8, 4) is 0 Å². The summed E-state index contributed by atoms with van der Waals surface area (Å²) in [7, 11) is -3.19. The Morgan fingerprint density at radius 2 is 1.63 bits per heavy atom. The van der Waals surface area contributed by atoms with Gasteiger partial charge in [0.2, 0.25) is 16.0 Å². The highest BCUT2D eigenvalue weighted by Gasteiger charge is 2.55. The monoisotopic (exact) mass is 583 g/mol. The quantitative estimate of drug-likeness (QED) is 0.540. The summed E-state index contributed by atoms with van der Waals surface area (Å²) in [6.45, 7) is 3.02. The SMILES string of the molecule is CS(=O)(=O)N1CCN(c2cnc(N3CCN(OC(=O)NC4[C@@H]5CC6C[C@H]4CC(O)(C6)C5)c4ccccc43)nc2)CC1. The summed E-state index contributed by atoms with van der Waals surface area (Å²) in [6.07, 6.45) is 8.93. The van der Waals surface area contributed by atoms with Crippen molar-refractivity contribution in [1.82, 2.24) is 19.6 Å². The highest BCUT2D eigenvalue weighted by Crippen LogP contribution is 2.55. The van der Waals surface area contributed by atoms with Crippen LogP contribution in [0.5, 0.6) is 0 Å². The lowest BCUT2D eigenvalue weighted by molar-refractivity contribution is -0.137. The maximum Gasteiger partial charge on any atom is 0.431 e. The number of piperazine rings is 1. The summed E-state index contributed by atoms with van der Waals surface area (Å²) in [4.78, 5) is 32.3. The van der Waals surface area contributed by atoms with Gasteiger partial charge in [-0.25, -0.2) is 28.2 Å². The molecule has 12 nitrogen and oxygen atoms in total. The van der Waals surface area contributed by atoms with E-state index in [9.17, 15) is 18.3 Å². The van der Waals surface area contributed by atoms with E-state index in [1.54, 1.807) is 17.5 Å². The van der Waals surface area contributed by atoms with Gasteiger partial charge in [-0.15, -0.1) is 0 Å². The molecule has 0 spiro atoms. The predicted octanol–water partition coefficient (Wildman–Crippen LogP) is 2.10. The molecule has 2 aromatic rings. The zero-order valence-corrected chi connectivity index (χ0v) is 24.0. The van der Waals surface area contributed by atoms with Gasteiger partial charge in [0.25, 0.3) is 0 Å². The van der Waals surface area contributed by atoms with Gasteiger partial charge in [-0.1, -0.05) is 12.1 Å². The lowest BCUT2D eigenvalue weighted by atomic mass is 9.52. The number of amides is 1. The predicted molar refractivity (Wildman–Crippen MR) is 153 cm³/mol. The van der Waals surface area contributed by atoms with Crippen molar-refractivity contribution in [2.45, 2.75) is 43.7 Å². The number of sulfonamides is 1. The van der Waals surface area contributed by atoms with E-state index < -0.39 is 21.7 Å². The van der Waals surface area contributed by atoms with Gasteiger partial charge in [0.1, 0.15) is 0 Å². The highest BCUT2D eigenvalue weighted by molar-refractivity contribution is 7.88. The number of carbonyl (C=O) groups excluding carboxylic acids is 1. The second kappa shape index (κ2) is 9.99. The van der Waals surface area contributed by atoms with Gasteiger partial charge in [-0.2, -0.15) is 4.31 Å². The molecule has 1 aromatic heterocycles. The fourth-order valence-corrected chi connectivity index (χ4v) is 8.84. The molecule has 3 unspecified atom stereocenters. The van der Waals surface area contributed by atoms with Crippen LogP contribution in [0.1, 0.15) is 32.1 Å². The van der Waals surface area contributed by atoms with E-state index in [1.165, 1.54) is 10.6 Å². The number of hydroxylamine groups is 1. The number of nitrogens with one attached hydrogen (secondary N) is 1. The lowest BCUT2D eigenvalue weighted by Crippen LogP contribution is -2.62. The minimum atomic E-state index is -3.19. The molecule has 4 bridgehead atoms. The minimum absolute atomic E-state index is 0.0529. The van der Waals surface area contributed by atoms with E-state index in [4.69, 9.17) is 4.84 Å². The summed E-state index contributed by atoms with van der Waals surface area (Å²) in [6, 6.07) is 7.78. The molecule has 1 amide bonds. The van der Waals surface area contributed by atoms with Crippen molar-refractivity contribution in [2.75, 3.05) is 60.4 Å². The first-order valence-electron chi connectivity index (χ1n) is 14.5. The van der Waals surface area contributed by atoms with E-state index in [-0.39, 0.29) is 6.04 Å². The van der Waals surface area contributed by atoms with E-state index in [2.05, 4.69) is 20.2 Å². The van der Waals surface area contributed by atoms with Gasteiger partial charge in [-0.05, 0) is 62.0 Å². The molecule has 5 atom stereocenters. The van der Waals surface area contributed by atoms with Crippen molar-refractivity contribution < 1.29 is 23.2 Å². The third-order valence-electron chi connectivity index (χ3n) is 9.63. The van der Waals surface area contributed by atoms with Gasteiger partial charge < -0.3 is 25.1 Å². The topological polar surface area (TPSA) is 131 Å². The van der Waals surface area contributed by atoms with Crippen LogP contribution in [0.3, 0.4) is 0 Å². The van der Waals surface area contributed by atoms with Crippen LogP contribution in [-0.2, 0) is 14.9 Å². The number of anilines is 4. The number of nitrogens with zero attached hydrogens (tertiary/aromatic N) is 6. The number of hydrogen-bond acceptors (Lipinski definition) is 10. The third kappa shape index (κ3) is 5.08. The molecule has 2 aliphatic heterocycles. The molecule has 1 aromatic carbocycles. The van der Waals surface area contributed by atoms with Gasteiger partial charge in [-0.3, -0.25) is 0 Å². The van der Waals surface area contributed by atoms with Gasteiger partial charge in [0, 0.05) is 38.8 Å². The summed E-state index contributed by atoms with van der Waals surface area (Å²) >= 11 is 0. The molecule has 6 aliphatic rings. The number of hydrogen-bond donors (Lipinski definition) is 2.